The van der Waals surface area contributed by atoms with E-state index in [0.29, 0.717) is 12.5 Å². The Labute approximate surface area is 85.2 Å². The summed E-state index contributed by atoms with van der Waals surface area (Å²) < 4.78 is 9.75. The molecule has 0 unspecified atom stereocenters. The minimum Gasteiger partial charge on any atom is -0.464 e. The van der Waals surface area contributed by atoms with Gasteiger partial charge in [0.05, 0.1) is 6.61 Å². The highest BCUT2D eigenvalue weighted by atomic mass is 16.6. The lowest BCUT2D eigenvalue weighted by molar-refractivity contribution is -0.149. The number of methoxy groups -OCH3 is 1. The van der Waals surface area contributed by atoms with Gasteiger partial charge in [0, 0.05) is 7.11 Å². The predicted molar refractivity (Wildman–Crippen MR) is 53.1 cm³/mol. The number of ether oxygens (including phenoxy) is 2. The fourth-order valence-electron chi connectivity index (χ4n) is 1.60. The molecule has 1 saturated heterocycles. The topological polar surface area (TPSA) is 38.8 Å². The van der Waals surface area contributed by atoms with Crippen molar-refractivity contribution in [1.29, 1.82) is 0 Å². The Morgan fingerprint density at radius 3 is 2.64 bits per heavy atom. The fourth-order valence-corrected chi connectivity index (χ4v) is 1.60. The van der Waals surface area contributed by atoms with Crippen molar-refractivity contribution in [2.24, 2.45) is 5.92 Å². The molecule has 0 spiro atoms. The van der Waals surface area contributed by atoms with Crippen LogP contribution in [0.3, 0.4) is 0 Å². The molecule has 0 radical (unpaired) electrons. The quantitative estimate of drug-likeness (QED) is 0.621. The number of piperidine rings is 1. The average molecular weight is 201 g/mol. The Morgan fingerprint density at radius 1 is 1.43 bits per heavy atom. The zero-order valence-corrected chi connectivity index (χ0v) is 8.99. The average Bonchev–Trinajstić information content (AvgIpc) is 2.17. The first kappa shape index (κ1) is 11.5. The number of carbonyl (C=O) groups excluding carboxylic acids is 1. The molecule has 0 N–H and O–H groups in total. The van der Waals surface area contributed by atoms with Crippen molar-refractivity contribution in [2.75, 3.05) is 40.5 Å². The van der Waals surface area contributed by atoms with Crippen LogP contribution in [0.2, 0.25) is 0 Å². The minimum absolute atomic E-state index is 0.0621. The maximum absolute atomic E-state index is 11.0. The van der Waals surface area contributed by atoms with Crippen LogP contribution in [-0.2, 0) is 14.3 Å². The first-order valence-corrected chi connectivity index (χ1v) is 5.05. The van der Waals surface area contributed by atoms with Crippen LogP contribution < -0.4 is 0 Å². The molecule has 1 rings (SSSR count). The summed E-state index contributed by atoms with van der Waals surface area (Å²) in [5.41, 5.74) is 0. The molecule has 0 atom stereocenters. The summed E-state index contributed by atoms with van der Waals surface area (Å²) in [6, 6.07) is 0. The van der Waals surface area contributed by atoms with Gasteiger partial charge in [0.15, 0.2) is 0 Å². The molecule has 82 valence electrons. The second kappa shape index (κ2) is 5.98. The Balaban J connectivity index is 2.09. The summed E-state index contributed by atoms with van der Waals surface area (Å²) >= 11 is 0. The van der Waals surface area contributed by atoms with Crippen molar-refractivity contribution in [3.63, 3.8) is 0 Å². The van der Waals surface area contributed by atoms with Crippen LogP contribution in [0, 0.1) is 5.92 Å². The first-order valence-electron chi connectivity index (χ1n) is 5.05. The van der Waals surface area contributed by atoms with Gasteiger partial charge in [-0.1, -0.05) is 0 Å². The van der Waals surface area contributed by atoms with E-state index in [1.165, 1.54) is 7.11 Å². The van der Waals surface area contributed by atoms with Gasteiger partial charge in [0.2, 0.25) is 0 Å². The number of carbonyl (C=O) groups is 1. The maximum Gasteiger partial charge on any atom is 0.332 e. The zero-order valence-electron chi connectivity index (χ0n) is 8.99. The van der Waals surface area contributed by atoms with Crippen LogP contribution in [0.5, 0.6) is 0 Å². The molecular weight excluding hydrogens is 182 g/mol. The number of likely N-dealkylation sites (tertiary alicyclic amines) is 1. The molecule has 1 aliphatic rings. The summed E-state index contributed by atoms with van der Waals surface area (Å²) in [7, 11) is 3.62. The molecule has 0 amide bonds. The standard InChI is InChI=1S/C10H19NO3/c1-11-5-3-9(4-6-11)7-14-10(12)8-13-2/h9H,3-8H2,1-2H3. The summed E-state index contributed by atoms with van der Waals surface area (Å²) in [6.07, 6.45) is 2.24. The third-order valence-corrected chi connectivity index (χ3v) is 2.58. The van der Waals surface area contributed by atoms with Gasteiger partial charge in [0.1, 0.15) is 6.61 Å². The Morgan fingerprint density at radius 2 is 2.07 bits per heavy atom. The van der Waals surface area contributed by atoms with Crippen LogP contribution in [-0.4, -0.2) is 51.3 Å². The largest absolute Gasteiger partial charge is 0.464 e. The Kier molecular flexibility index (Phi) is 4.90. The van der Waals surface area contributed by atoms with Gasteiger partial charge in [0.25, 0.3) is 0 Å². The van der Waals surface area contributed by atoms with E-state index in [2.05, 4.69) is 16.7 Å². The van der Waals surface area contributed by atoms with Crippen LogP contribution in [0.4, 0.5) is 0 Å². The summed E-state index contributed by atoms with van der Waals surface area (Å²) in [5.74, 6) is 0.276. The molecule has 1 fully saturated rings. The molecule has 0 aromatic carbocycles. The van der Waals surface area contributed by atoms with E-state index in [4.69, 9.17) is 4.74 Å². The molecular formula is C10H19NO3. The third-order valence-electron chi connectivity index (χ3n) is 2.58. The lowest BCUT2D eigenvalue weighted by Gasteiger charge is -2.28. The first-order chi connectivity index (χ1) is 6.72. The SMILES string of the molecule is COCC(=O)OCC1CCN(C)CC1. The van der Waals surface area contributed by atoms with E-state index in [9.17, 15) is 4.79 Å². The van der Waals surface area contributed by atoms with Gasteiger partial charge < -0.3 is 14.4 Å². The smallest absolute Gasteiger partial charge is 0.332 e. The molecule has 1 heterocycles. The van der Waals surface area contributed by atoms with Gasteiger partial charge in [-0.25, -0.2) is 4.79 Å². The molecule has 0 aromatic rings. The zero-order chi connectivity index (χ0) is 10.4. The van der Waals surface area contributed by atoms with Crippen molar-refractivity contribution < 1.29 is 14.3 Å². The van der Waals surface area contributed by atoms with Gasteiger partial charge >= 0.3 is 5.97 Å². The highest BCUT2D eigenvalue weighted by Gasteiger charge is 2.17. The number of nitrogens with zero attached hydrogens (tertiary/aromatic N) is 1. The molecule has 4 nitrogen and oxygen atoms in total. The molecule has 0 saturated carbocycles. The molecule has 0 aliphatic carbocycles. The number of rotatable bonds is 4. The van der Waals surface area contributed by atoms with E-state index in [0.717, 1.165) is 25.9 Å². The third kappa shape index (κ3) is 4.07. The molecule has 4 heteroatoms. The second-order valence-corrected chi connectivity index (χ2v) is 3.86. The van der Waals surface area contributed by atoms with Gasteiger partial charge in [-0.2, -0.15) is 0 Å². The number of esters is 1. The van der Waals surface area contributed by atoms with Gasteiger partial charge in [-0.3, -0.25) is 0 Å². The molecule has 0 bridgehead atoms. The fraction of sp³-hybridized carbons (Fsp3) is 0.900. The summed E-state index contributed by atoms with van der Waals surface area (Å²) in [6.45, 7) is 2.82. The highest BCUT2D eigenvalue weighted by molar-refractivity contribution is 5.70. The van der Waals surface area contributed by atoms with Crippen LogP contribution in [0.1, 0.15) is 12.8 Å². The van der Waals surface area contributed by atoms with Crippen molar-refractivity contribution >= 4 is 5.97 Å². The summed E-state index contributed by atoms with van der Waals surface area (Å²) in [4.78, 5) is 13.3. The van der Waals surface area contributed by atoms with Crippen molar-refractivity contribution in [3.05, 3.63) is 0 Å². The number of hydrogen-bond donors (Lipinski definition) is 0. The maximum atomic E-state index is 11.0. The van der Waals surface area contributed by atoms with E-state index in [1.807, 2.05) is 0 Å². The molecule has 1 aliphatic heterocycles. The predicted octanol–water partition coefficient (Wildman–Crippen LogP) is 0.518. The Hall–Kier alpha value is -0.610. The monoisotopic (exact) mass is 201 g/mol. The van der Waals surface area contributed by atoms with Crippen molar-refractivity contribution in [2.45, 2.75) is 12.8 Å². The van der Waals surface area contributed by atoms with Gasteiger partial charge in [-0.15, -0.1) is 0 Å². The highest BCUT2D eigenvalue weighted by Crippen LogP contribution is 2.15. The molecule has 0 aromatic heterocycles. The van der Waals surface area contributed by atoms with E-state index < -0.39 is 0 Å². The number of hydrogen-bond acceptors (Lipinski definition) is 4. The van der Waals surface area contributed by atoms with E-state index in [1.54, 1.807) is 0 Å². The second-order valence-electron chi connectivity index (χ2n) is 3.86. The molecule has 14 heavy (non-hydrogen) atoms. The minimum atomic E-state index is -0.258. The van der Waals surface area contributed by atoms with E-state index in [-0.39, 0.29) is 12.6 Å². The summed E-state index contributed by atoms with van der Waals surface area (Å²) in [5, 5.41) is 0. The van der Waals surface area contributed by atoms with Crippen molar-refractivity contribution in [1.82, 2.24) is 4.90 Å². The van der Waals surface area contributed by atoms with Crippen LogP contribution in [0.25, 0.3) is 0 Å². The normalized spacial score (nSPS) is 19.6. The lowest BCUT2D eigenvalue weighted by Crippen LogP contribution is -2.32. The van der Waals surface area contributed by atoms with Gasteiger partial charge in [-0.05, 0) is 38.9 Å². The van der Waals surface area contributed by atoms with Crippen molar-refractivity contribution in [3.8, 4) is 0 Å². The lowest BCUT2D eigenvalue weighted by atomic mass is 9.98. The Bertz CT molecular complexity index is 176. The van der Waals surface area contributed by atoms with Crippen LogP contribution in [0.15, 0.2) is 0 Å². The van der Waals surface area contributed by atoms with Crippen LogP contribution >= 0.6 is 0 Å². The van der Waals surface area contributed by atoms with E-state index >= 15 is 0 Å².